The second-order valence-electron chi connectivity index (χ2n) is 10.1. The molecule has 0 bridgehead atoms. The molecule has 33 heavy (non-hydrogen) atoms. The molecule has 2 aliphatic carbocycles. The van der Waals surface area contributed by atoms with E-state index in [1.54, 1.807) is 4.90 Å². The van der Waals surface area contributed by atoms with Gasteiger partial charge in [0.15, 0.2) is 0 Å². The summed E-state index contributed by atoms with van der Waals surface area (Å²) in [5, 5.41) is 9.49. The summed E-state index contributed by atoms with van der Waals surface area (Å²) >= 11 is 0. The second-order valence-corrected chi connectivity index (χ2v) is 10.1. The second kappa shape index (κ2) is 10.00. The molecular weight excluding hydrogens is 422 g/mol. The third-order valence-corrected chi connectivity index (χ3v) is 8.19. The van der Waals surface area contributed by atoms with Crippen molar-refractivity contribution in [3.8, 4) is 0 Å². The zero-order valence-electron chi connectivity index (χ0n) is 19.9. The number of piperidine rings is 1. The van der Waals surface area contributed by atoms with Crippen LogP contribution in [0.1, 0.15) is 77.6 Å². The molecule has 0 aromatic heterocycles. The Kier molecular flexibility index (Phi) is 7.27. The molecular formula is C26H37NO6. The quantitative estimate of drug-likeness (QED) is 0.453. The van der Waals surface area contributed by atoms with Crippen LogP contribution in [-0.4, -0.2) is 53.7 Å². The average Bonchev–Trinajstić information content (AvgIpc) is 3.34. The van der Waals surface area contributed by atoms with Gasteiger partial charge < -0.3 is 19.5 Å². The third kappa shape index (κ3) is 4.61. The SMILES string of the molecule is COC(=O)[C@@]12C[C@H](CC(=O)O)C(=O)N(CCC3=CCCCC3)C1=C[C@@H](C1CCCC1)O[C@H]2C. The number of methoxy groups -OCH3 is 1. The van der Waals surface area contributed by atoms with Gasteiger partial charge in [0.1, 0.15) is 5.41 Å². The largest absolute Gasteiger partial charge is 0.481 e. The van der Waals surface area contributed by atoms with Crippen molar-refractivity contribution < 1.29 is 29.0 Å². The highest BCUT2D eigenvalue weighted by Gasteiger charge is 2.60. The van der Waals surface area contributed by atoms with Crippen molar-refractivity contribution in [1.29, 1.82) is 0 Å². The number of hydrogen-bond acceptors (Lipinski definition) is 5. The van der Waals surface area contributed by atoms with Crippen LogP contribution in [0.3, 0.4) is 0 Å². The van der Waals surface area contributed by atoms with Gasteiger partial charge in [-0.05, 0) is 70.3 Å². The van der Waals surface area contributed by atoms with E-state index >= 15 is 0 Å². The number of carbonyl (C=O) groups is 3. The maximum atomic E-state index is 13.6. The number of carboxylic acid groups (broad SMARTS) is 1. The molecule has 0 aromatic carbocycles. The van der Waals surface area contributed by atoms with Crippen molar-refractivity contribution in [3.63, 3.8) is 0 Å². The molecule has 4 atom stereocenters. The number of rotatable bonds is 7. The number of fused-ring (bicyclic) bond motifs is 1. The molecule has 1 saturated heterocycles. The molecule has 0 spiro atoms. The van der Waals surface area contributed by atoms with Gasteiger partial charge in [0.25, 0.3) is 0 Å². The van der Waals surface area contributed by atoms with E-state index in [-0.39, 0.29) is 24.9 Å². The Hall–Kier alpha value is -2.15. The molecule has 2 aliphatic heterocycles. The minimum atomic E-state index is -1.17. The number of esters is 1. The van der Waals surface area contributed by atoms with E-state index in [1.807, 2.05) is 13.0 Å². The number of hydrogen-bond donors (Lipinski definition) is 1. The first-order chi connectivity index (χ1) is 15.9. The molecule has 2 heterocycles. The van der Waals surface area contributed by atoms with Crippen LogP contribution in [0.5, 0.6) is 0 Å². The lowest BCUT2D eigenvalue weighted by molar-refractivity contribution is -0.178. The molecule has 0 radical (unpaired) electrons. The van der Waals surface area contributed by atoms with Crippen molar-refractivity contribution in [2.75, 3.05) is 13.7 Å². The van der Waals surface area contributed by atoms with Crippen LogP contribution >= 0.6 is 0 Å². The Morgan fingerprint density at radius 3 is 2.64 bits per heavy atom. The predicted molar refractivity (Wildman–Crippen MR) is 122 cm³/mol. The fraction of sp³-hybridized carbons (Fsp3) is 0.731. The zero-order valence-corrected chi connectivity index (χ0v) is 19.9. The molecule has 4 aliphatic rings. The van der Waals surface area contributed by atoms with Gasteiger partial charge in [-0.3, -0.25) is 14.4 Å². The minimum absolute atomic E-state index is 0.106. The monoisotopic (exact) mass is 459 g/mol. The Labute approximate surface area is 196 Å². The van der Waals surface area contributed by atoms with E-state index in [2.05, 4.69) is 6.08 Å². The topological polar surface area (TPSA) is 93.1 Å². The maximum absolute atomic E-state index is 13.6. The molecule has 1 saturated carbocycles. The van der Waals surface area contributed by atoms with Crippen molar-refractivity contribution in [3.05, 3.63) is 23.4 Å². The van der Waals surface area contributed by atoms with Crippen LogP contribution in [0.2, 0.25) is 0 Å². The van der Waals surface area contributed by atoms with E-state index in [0.29, 0.717) is 18.2 Å². The zero-order chi connectivity index (χ0) is 23.6. The molecule has 1 amide bonds. The molecule has 0 aromatic rings. The lowest BCUT2D eigenvalue weighted by Gasteiger charge is -2.52. The van der Waals surface area contributed by atoms with Crippen LogP contribution in [-0.2, 0) is 23.9 Å². The van der Waals surface area contributed by atoms with Gasteiger partial charge >= 0.3 is 11.9 Å². The summed E-state index contributed by atoms with van der Waals surface area (Å²) in [6.07, 6.45) is 13.1. The summed E-state index contributed by atoms with van der Waals surface area (Å²) in [6.45, 7) is 2.33. The molecule has 182 valence electrons. The van der Waals surface area contributed by atoms with E-state index in [1.165, 1.54) is 31.9 Å². The van der Waals surface area contributed by atoms with Gasteiger partial charge in [-0.2, -0.15) is 0 Å². The van der Waals surface area contributed by atoms with Gasteiger partial charge in [-0.15, -0.1) is 0 Å². The summed E-state index contributed by atoms with van der Waals surface area (Å²) in [6, 6.07) is 0. The first-order valence-electron chi connectivity index (χ1n) is 12.5. The maximum Gasteiger partial charge on any atom is 0.320 e. The van der Waals surface area contributed by atoms with Gasteiger partial charge in [0.2, 0.25) is 5.91 Å². The lowest BCUT2D eigenvalue weighted by atomic mass is 9.66. The number of aliphatic carboxylic acids is 1. The Morgan fingerprint density at radius 2 is 2.00 bits per heavy atom. The van der Waals surface area contributed by atoms with Crippen LogP contribution < -0.4 is 0 Å². The van der Waals surface area contributed by atoms with E-state index in [4.69, 9.17) is 9.47 Å². The highest BCUT2D eigenvalue weighted by Crippen LogP contribution is 2.51. The van der Waals surface area contributed by atoms with Crippen LogP contribution in [0, 0.1) is 17.3 Å². The Bertz CT molecular complexity index is 842. The summed E-state index contributed by atoms with van der Waals surface area (Å²) in [5.41, 5.74) is 0.845. The highest BCUT2D eigenvalue weighted by molar-refractivity contribution is 5.92. The normalized spacial score (nSPS) is 32.7. The first-order valence-corrected chi connectivity index (χ1v) is 12.5. The predicted octanol–water partition coefficient (Wildman–Crippen LogP) is 4.22. The fourth-order valence-corrected chi connectivity index (χ4v) is 6.38. The van der Waals surface area contributed by atoms with Crippen molar-refractivity contribution >= 4 is 17.8 Å². The number of allylic oxidation sites excluding steroid dienone is 1. The number of likely N-dealkylation sites (tertiary alicyclic amines) is 1. The van der Waals surface area contributed by atoms with Gasteiger partial charge in [0, 0.05) is 12.2 Å². The Morgan fingerprint density at radius 1 is 1.24 bits per heavy atom. The van der Waals surface area contributed by atoms with E-state index in [9.17, 15) is 19.5 Å². The van der Waals surface area contributed by atoms with Gasteiger partial charge in [-0.1, -0.05) is 24.5 Å². The third-order valence-electron chi connectivity index (χ3n) is 8.19. The summed E-state index contributed by atoms with van der Waals surface area (Å²) in [7, 11) is 1.35. The van der Waals surface area contributed by atoms with E-state index < -0.39 is 29.4 Å². The number of carbonyl (C=O) groups excluding carboxylic acids is 2. The van der Waals surface area contributed by atoms with Crippen LogP contribution in [0.25, 0.3) is 0 Å². The standard InChI is InChI=1S/C26H37NO6/c1-17-26(25(31)32-2)16-20(14-23(28)29)24(30)27(13-12-18-8-4-3-5-9-18)22(26)15-21(33-17)19-10-6-7-11-19/h8,15,17,19-21H,3-7,9-14,16H2,1-2H3,(H,28,29)/t17-,20-,21-,26+/m0/s1. The van der Waals surface area contributed by atoms with Gasteiger partial charge in [-0.25, -0.2) is 0 Å². The number of carboxylic acids is 1. The summed E-state index contributed by atoms with van der Waals surface area (Å²) in [5.74, 6) is -2.09. The molecule has 4 rings (SSSR count). The van der Waals surface area contributed by atoms with Gasteiger partial charge in [0.05, 0.1) is 31.7 Å². The first kappa shape index (κ1) is 24.0. The molecule has 0 unspecified atom stereocenters. The van der Waals surface area contributed by atoms with Crippen molar-refractivity contribution in [1.82, 2.24) is 4.90 Å². The number of nitrogens with zero attached hydrogens (tertiary/aromatic N) is 1. The number of ether oxygens (including phenoxy) is 2. The molecule has 7 nitrogen and oxygen atoms in total. The number of amides is 1. The highest BCUT2D eigenvalue weighted by atomic mass is 16.5. The molecule has 7 heteroatoms. The summed E-state index contributed by atoms with van der Waals surface area (Å²) in [4.78, 5) is 40.2. The minimum Gasteiger partial charge on any atom is -0.481 e. The van der Waals surface area contributed by atoms with Crippen molar-refractivity contribution in [2.45, 2.75) is 89.8 Å². The van der Waals surface area contributed by atoms with E-state index in [0.717, 1.165) is 38.5 Å². The van der Waals surface area contributed by atoms with Crippen LogP contribution in [0.15, 0.2) is 23.4 Å². The molecule has 1 N–H and O–H groups in total. The van der Waals surface area contributed by atoms with Crippen molar-refractivity contribution in [2.24, 2.45) is 17.3 Å². The molecule has 2 fully saturated rings. The summed E-state index contributed by atoms with van der Waals surface area (Å²) < 4.78 is 11.7. The lowest BCUT2D eigenvalue weighted by Crippen LogP contribution is -2.60. The fourth-order valence-electron chi connectivity index (χ4n) is 6.38. The smallest absolute Gasteiger partial charge is 0.320 e. The van der Waals surface area contributed by atoms with Crippen LogP contribution in [0.4, 0.5) is 0 Å². The Balaban J connectivity index is 1.73. The average molecular weight is 460 g/mol.